The van der Waals surface area contributed by atoms with Gasteiger partial charge in [0.05, 0.1) is 0 Å². The summed E-state index contributed by atoms with van der Waals surface area (Å²) in [5.74, 6) is -0.00748. The summed E-state index contributed by atoms with van der Waals surface area (Å²) in [5.41, 5.74) is 2.37. The van der Waals surface area contributed by atoms with E-state index in [0.29, 0.717) is 11.8 Å². The number of hydrogen-bond acceptors (Lipinski definition) is 5. The molecule has 1 rings (SSSR count). The molecule has 0 bridgehead atoms. The molecule has 0 saturated heterocycles. The summed E-state index contributed by atoms with van der Waals surface area (Å²) in [6, 6.07) is 1.53. The van der Waals surface area contributed by atoms with Crippen molar-refractivity contribution in [3.8, 4) is 0 Å². The van der Waals surface area contributed by atoms with E-state index in [1.54, 1.807) is 7.05 Å². The van der Waals surface area contributed by atoms with Gasteiger partial charge in [-0.3, -0.25) is 15.0 Å². The first-order valence-electron chi connectivity index (χ1n) is 6.04. The average molecular weight is 267 g/mol. The molecule has 0 radical (unpaired) electrons. The second-order valence-electron chi connectivity index (χ2n) is 3.72. The van der Waals surface area contributed by atoms with Gasteiger partial charge in [0.25, 0.3) is 0 Å². The number of hydrogen-bond donors (Lipinski definition) is 2. The molecule has 2 N–H and O–H groups in total. The number of hydrazine groups is 1. The monoisotopic (exact) mass is 267 g/mol. The van der Waals surface area contributed by atoms with Gasteiger partial charge in [-0.15, -0.1) is 0 Å². The molecule has 106 valence electrons. The molecule has 0 aliphatic heterocycles. The van der Waals surface area contributed by atoms with E-state index in [0.717, 1.165) is 5.01 Å². The highest BCUT2D eigenvalue weighted by atomic mass is 16.2. The maximum absolute atomic E-state index is 11.3. The van der Waals surface area contributed by atoms with E-state index in [2.05, 4.69) is 34.6 Å². The summed E-state index contributed by atoms with van der Waals surface area (Å²) in [5, 5.41) is 3.80. The standard InChI is InChI=1S/C9H13N5O2.C3H8/c1-6(15)13-14(7(2)16)8-4-5-11-9(10-3)12-8;1-3-2/h4-5H,1-3H3,(H,13,15)(H,10,11,12);3H2,1-2H3. The number of aromatic nitrogens is 2. The fourth-order valence-electron chi connectivity index (χ4n) is 1.05. The van der Waals surface area contributed by atoms with Crippen LogP contribution in [0.2, 0.25) is 0 Å². The Morgan fingerprint density at radius 1 is 1.32 bits per heavy atom. The van der Waals surface area contributed by atoms with Gasteiger partial charge < -0.3 is 5.32 Å². The molecule has 0 aromatic carbocycles. The molecule has 0 atom stereocenters. The Morgan fingerprint density at radius 2 is 1.89 bits per heavy atom. The van der Waals surface area contributed by atoms with Crippen LogP contribution in [0.4, 0.5) is 11.8 Å². The van der Waals surface area contributed by atoms with Crippen LogP contribution in [0.3, 0.4) is 0 Å². The molecule has 7 heteroatoms. The molecule has 19 heavy (non-hydrogen) atoms. The van der Waals surface area contributed by atoms with Gasteiger partial charge in [-0.25, -0.2) is 9.99 Å². The van der Waals surface area contributed by atoms with Crippen molar-refractivity contribution in [2.24, 2.45) is 0 Å². The van der Waals surface area contributed by atoms with E-state index < -0.39 is 0 Å². The van der Waals surface area contributed by atoms with Gasteiger partial charge in [0.2, 0.25) is 17.8 Å². The van der Waals surface area contributed by atoms with Crippen molar-refractivity contribution in [3.63, 3.8) is 0 Å². The Morgan fingerprint density at radius 3 is 2.32 bits per heavy atom. The third-order valence-electron chi connectivity index (χ3n) is 1.68. The van der Waals surface area contributed by atoms with Crippen molar-refractivity contribution >= 4 is 23.6 Å². The highest BCUT2D eigenvalue weighted by Gasteiger charge is 2.14. The first-order valence-corrected chi connectivity index (χ1v) is 6.04. The highest BCUT2D eigenvalue weighted by molar-refractivity contribution is 5.93. The molecule has 1 heterocycles. The summed E-state index contributed by atoms with van der Waals surface area (Å²) >= 11 is 0. The van der Waals surface area contributed by atoms with Gasteiger partial charge in [0.15, 0.2) is 5.82 Å². The summed E-state index contributed by atoms with van der Waals surface area (Å²) in [6.45, 7) is 6.90. The zero-order valence-corrected chi connectivity index (χ0v) is 12.0. The lowest BCUT2D eigenvalue weighted by molar-refractivity contribution is -0.124. The molecule has 0 aliphatic carbocycles. The van der Waals surface area contributed by atoms with E-state index in [9.17, 15) is 9.59 Å². The van der Waals surface area contributed by atoms with Crippen LogP contribution in [0.1, 0.15) is 34.1 Å². The molecule has 0 unspecified atom stereocenters. The molecule has 7 nitrogen and oxygen atoms in total. The van der Waals surface area contributed by atoms with Crippen LogP contribution >= 0.6 is 0 Å². The van der Waals surface area contributed by atoms with Gasteiger partial charge in [0, 0.05) is 33.2 Å². The van der Waals surface area contributed by atoms with Crippen LogP contribution in [0.15, 0.2) is 12.3 Å². The van der Waals surface area contributed by atoms with Crippen molar-refractivity contribution in [2.75, 3.05) is 17.4 Å². The van der Waals surface area contributed by atoms with E-state index in [-0.39, 0.29) is 11.8 Å². The van der Waals surface area contributed by atoms with E-state index in [1.165, 1.54) is 32.5 Å². The zero-order valence-electron chi connectivity index (χ0n) is 12.0. The Kier molecular flexibility index (Phi) is 7.83. The van der Waals surface area contributed by atoms with E-state index >= 15 is 0 Å². The highest BCUT2D eigenvalue weighted by Crippen LogP contribution is 2.09. The topological polar surface area (TPSA) is 87.2 Å². The lowest BCUT2D eigenvalue weighted by Crippen LogP contribution is -2.45. The molecule has 2 amide bonds. The maximum Gasteiger partial charge on any atom is 0.244 e. The summed E-state index contributed by atoms with van der Waals surface area (Å²) < 4.78 is 0. The fraction of sp³-hybridized carbons (Fsp3) is 0.500. The minimum atomic E-state index is -0.347. The van der Waals surface area contributed by atoms with Gasteiger partial charge in [-0.05, 0) is 0 Å². The number of anilines is 2. The van der Waals surface area contributed by atoms with Crippen LogP contribution in [-0.2, 0) is 9.59 Å². The van der Waals surface area contributed by atoms with E-state index in [1.807, 2.05) is 0 Å². The summed E-state index contributed by atoms with van der Waals surface area (Å²) in [4.78, 5) is 30.2. The number of carbonyl (C=O) groups is 2. The SMILES string of the molecule is CCC.CNc1nccc(N(NC(C)=O)C(C)=O)n1. The zero-order chi connectivity index (χ0) is 14.8. The fourth-order valence-corrected chi connectivity index (χ4v) is 1.05. The molecular formula is C12H21N5O2. The quantitative estimate of drug-likeness (QED) is 0.789. The van der Waals surface area contributed by atoms with Crippen molar-refractivity contribution in [1.29, 1.82) is 0 Å². The summed E-state index contributed by atoms with van der Waals surface area (Å²) in [6.07, 6.45) is 2.74. The molecule has 1 aromatic heterocycles. The second kappa shape index (κ2) is 8.84. The number of nitrogens with zero attached hydrogens (tertiary/aromatic N) is 3. The third-order valence-corrected chi connectivity index (χ3v) is 1.68. The third kappa shape index (κ3) is 6.35. The number of carbonyl (C=O) groups excluding carboxylic acids is 2. The Hall–Kier alpha value is -2.18. The van der Waals surface area contributed by atoms with Gasteiger partial charge in [-0.2, -0.15) is 4.98 Å². The van der Waals surface area contributed by atoms with Gasteiger partial charge in [0.1, 0.15) is 0 Å². The Labute approximate surface area is 113 Å². The number of rotatable bonds is 2. The summed E-state index contributed by atoms with van der Waals surface area (Å²) in [7, 11) is 1.66. The maximum atomic E-state index is 11.3. The Bertz CT molecular complexity index is 422. The minimum Gasteiger partial charge on any atom is -0.357 e. The van der Waals surface area contributed by atoms with Crippen LogP contribution in [0.5, 0.6) is 0 Å². The first kappa shape index (κ1) is 16.8. The normalized spacial score (nSPS) is 8.89. The molecule has 0 aliphatic rings. The first-order chi connectivity index (χ1) is 8.96. The molecule has 0 saturated carbocycles. The van der Waals surface area contributed by atoms with Crippen LogP contribution in [0.25, 0.3) is 0 Å². The molecule has 0 spiro atoms. The average Bonchev–Trinajstić information content (AvgIpc) is 2.36. The lowest BCUT2D eigenvalue weighted by atomic mass is 10.5. The van der Waals surface area contributed by atoms with Crippen molar-refractivity contribution in [2.45, 2.75) is 34.1 Å². The molecular weight excluding hydrogens is 246 g/mol. The minimum absolute atomic E-state index is 0.307. The van der Waals surface area contributed by atoms with Gasteiger partial charge in [-0.1, -0.05) is 20.3 Å². The Balaban J connectivity index is 0.000000982. The van der Waals surface area contributed by atoms with Crippen molar-refractivity contribution in [3.05, 3.63) is 12.3 Å². The van der Waals surface area contributed by atoms with Crippen LogP contribution in [0, 0.1) is 0 Å². The van der Waals surface area contributed by atoms with Crippen molar-refractivity contribution < 1.29 is 9.59 Å². The van der Waals surface area contributed by atoms with Crippen LogP contribution < -0.4 is 15.8 Å². The largest absolute Gasteiger partial charge is 0.357 e. The van der Waals surface area contributed by atoms with E-state index in [4.69, 9.17) is 0 Å². The smallest absolute Gasteiger partial charge is 0.244 e. The lowest BCUT2D eigenvalue weighted by Gasteiger charge is -2.19. The van der Waals surface area contributed by atoms with Gasteiger partial charge >= 0.3 is 0 Å². The molecule has 0 fully saturated rings. The molecule has 1 aromatic rings. The number of nitrogens with one attached hydrogen (secondary N) is 2. The van der Waals surface area contributed by atoms with Crippen molar-refractivity contribution in [1.82, 2.24) is 15.4 Å². The second-order valence-corrected chi connectivity index (χ2v) is 3.72. The number of amides is 2. The predicted molar refractivity (Wildman–Crippen MR) is 74.5 cm³/mol. The van der Waals surface area contributed by atoms with Crippen LogP contribution in [-0.4, -0.2) is 28.8 Å². The predicted octanol–water partition coefficient (Wildman–Crippen LogP) is 1.34.